The number of nitro groups is 1. The number of benzene rings is 2. The molecule has 0 aliphatic heterocycles. The van der Waals surface area contributed by atoms with Gasteiger partial charge in [-0.25, -0.2) is 4.98 Å². The summed E-state index contributed by atoms with van der Waals surface area (Å²) in [5.41, 5.74) is 9.25. The van der Waals surface area contributed by atoms with E-state index < -0.39 is 4.92 Å². The fourth-order valence-electron chi connectivity index (χ4n) is 2.26. The van der Waals surface area contributed by atoms with Gasteiger partial charge in [0.05, 0.1) is 16.0 Å². The normalized spacial score (nSPS) is 10.9. The Hall–Kier alpha value is -2.89. The molecular formula is C15H14N4O2. The van der Waals surface area contributed by atoms with Crippen molar-refractivity contribution >= 4 is 22.4 Å². The molecule has 3 rings (SSSR count). The number of aryl methyl sites for hydroxylation is 1. The van der Waals surface area contributed by atoms with Gasteiger partial charge in [-0.3, -0.25) is 10.1 Å². The number of nitrogens with two attached hydrogens (primary N) is 1. The highest BCUT2D eigenvalue weighted by molar-refractivity contribution is 5.81. The first kappa shape index (κ1) is 13.1. The molecule has 1 heterocycles. The van der Waals surface area contributed by atoms with E-state index in [1.54, 1.807) is 6.07 Å². The molecule has 6 nitrogen and oxygen atoms in total. The summed E-state index contributed by atoms with van der Waals surface area (Å²) in [6.07, 6.45) is 0.942. The van der Waals surface area contributed by atoms with Gasteiger partial charge in [0, 0.05) is 11.6 Å². The van der Waals surface area contributed by atoms with Crippen molar-refractivity contribution in [3.8, 4) is 11.4 Å². The van der Waals surface area contributed by atoms with E-state index in [1.807, 2.05) is 18.2 Å². The van der Waals surface area contributed by atoms with Crippen molar-refractivity contribution < 1.29 is 4.92 Å². The van der Waals surface area contributed by atoms with Gasteiger partial charge in [-0.15, -0.1) is 0 Å². The zero-order chi connectivity index (χ0) is 15.0. The van der Waals surface area contributed by atoms with Gasteiger partial charge >= 0.3 is 0 Å². The quantitative estimate of drug-likeness (QED) is 0.437. The number of hydrogen-bond donors (Lipinski definition) is 2. The molecule has 0 atom stereocenters. The molecule has 0 amide bonds. The first-order valence-electron chi connectivity index (χ1n) is 6.61. The molecule has 3 N–H and O–H groups in total. The Morgan fingerprint density at radius 3 is 2.81 bits per heavy atom. The molecule has 2 aromatic carbocycles. The summed E-state index contributed by atoms with van der Waals surface area (Å²) >= 11 is 0. The Bertz CT molecular complexity index is 839. The van der Waals surface area contributed by atoms with Crippen LogP contribution in [-0.4, -0.2) is 14.9 Å². The lowest BCUT2D eigenvalue weighted by atomic mass is 10.1. The van der Waals surface area contributed by atoms with Crippen molar-refractivity contribution in [3.05, 3.63) is 52.1 Å². The number of fused-ring (bicyclic) bond motifs is 1. The summed E-state index contributed by atoms with van der Waals surface area (Å²) in [6, 6.07) is 10.7. The van der Waals surface area contributed by atoms with Crippen LogP contribution >= 0.6 is 0 Å². The molecular weight excluding hydrogens is 268 g/mol. The average molecular weight is 282 g/mol. The summed E-state index contributed by atoms with van der Waals surface area (Å²) in [4.78, 5) is 18.1. The highest BCUT2D eigenvalue weighted by Gasteiger charge is 2.14. The maximum Gasteiger partial charge on any atom is 0.292 e. The van der Waals surface area contributed by atoms with Crippen LogP contribution < -0.4 is 5.73 Å². The van der Waals surface area contributed by atoms with Crippen LogP contribution in [0.15, 0.2) is 36.4 Å². The second-order valence-electron chi connectivity index (χ2n) is 4.82. The van der Waals surface area contributed by atoms with E-state index in [4.69, 9.17) is 5.73 Å². The number of nitrogen functional groups attached to an aromatic ring is 1. The zero-order valence-electron chi connectivity index (χ0n) is 11.5. The highest BCUT2D eigenvalue weighted by atomic mass is 16.6. The number of aromatic amines is 1. The van der Waals surface area contributed by atoms with Crippen LogP contribution in [0.5, 0.6) is 0 Å². The van der Waals surface area contributed by atoms with Gasteiger partial charge in [-0.05, 0) is 36.2 Å². The van der Waals surface area contributed by atoms with E-state index >= 15 is 0 Å². The van der Waals surface area contributed by atoms with Crippen LogP contribution in [0, 0.1) is 10.1 Å². The van der Waals surface area contributed by atoms with Gasteiger partial charge in [0.15, 0.2) is 0 Å². The minimum atomic E-state index is -0.489. The third-order valence-corrected chi connectivity index (χ3v) is 3.46. The SMILES string of the molecule is CCc1ccc2nc(-c3ccc(N)c([N+](=O)[O-])c3)[nH]c2c1. The van der Waals surface area contributed by atoms with Crippen molar-refractivity contribution in [1.82, 2.24) is 9.97 Å². The molecule has 0 radical (unpaired) electrons. The molecule has 0 unspecified atom stereocenters. The molecule has 0 saturated heterocycles. The molecule has 21 heavy (non-hydrogen) atoms. The van der Waals surface area contributed by atoms with Gasteiger partial charge in [-0.1, -0.05) is 13.0 Å². The highest BCUT2D eigenvalue weighted by Crippen LogP contribution is 2.28. The van der Waals surface area contributed by atoms with E-state index in [2.05, 4.69) is 16.9 Å². The van der Waals surface area contributed by atoms with E-state index in [0.29, 0.717) is 11.4 Å². The third kappa shape index (κ3) is 2.31. The predicted octanol–water partition coefficient (Wildman–Crippen LogP) is 3.28. The summed E-state index contributed by atoms with van der Waals surface area (Å²) in [6.45, 7) is 2.09. The minimum Gasteiger partial charge on any atom is -0.393 e. The number of aromatic nitrogens is 2. The summed E-state index contributed by atoms with van der Waals surface area (Å²) in [5, 5.41) is 11.0. The zero-order valence-corrected chi connectivity index (χ0v) is 11.5. The van der Waals surface area contributed by atoms with Gasteiger partial charge in [0.1, 0.15) is 11.5 Å². The molecule has 0 bridgehead atoms. The molecule has 106 valence electrons. The van der Waals surface area contributed by atoms with E-state index in [-0.39, 0.29) is 11.4 Å². The Labute approximate surface area is 120 Å². The second-order valence-corrected chi connectivity index (χ2v) is 4.82. The van der Waals surface area contributed by atoms with E-state index in [0.717, 1.165) is 17.5 Å². The van der Waals surface area contributed by atoms with Crippen LogP contribution in [0.4, 0.5) is 11.4 Å². The number of nitro benzene ring substituents is 1. The lowest BCUT2D eigenvalue weighted by molar-refractivity contribution is -0.383. The molecule has 6 heteroatoms. The van der Waals surface area contributed by atoms with Crippen LogP contribution in [0.1, 0.15) is 12.5 Å². The summed E-state index contributed by atoms with van der Waals surface area (Å²) < 4.78 is 0. The van der Waals surface area contributed by atoms with Crippen molar-refractivity contribution in [2.75, 3.05) is 5.73 Å². The van der Waals surface area contributed by atoms with Gasteiger partial charge in [0.25, 0.3) is 5.69 Å². The lowest BCUT2D eigenvalue weighted by Gasteiger charge is -2.00. The maximum atomic E-state index is 11.0. The largest absolute Gasteiger partial charge is 0.393 e. The van der Waals surface area contributed by atoms with Crippen molar-refractivity contribution in [3.63, 3.8) is 0 Å². The van der Waals surface area contributed by atoms with Crippen LogP contribution in [-0.2, 0) is 6.42 Å². The maximum absolute atomic E-state index is 11.0. The van der Waals surface area contributed by atoms with Crippen molar-refractivity contribution in [2.24, 2.45) is 0 Å². The molecule has 0 aliphatic rings. The number of nitrogens with one attached hydrogen (secondary N) is 1. The second kappa shape index (κ2) is 4.90. The molecule has 1 aromatic heterocycles. The molecule has 0 spiro atoms. The fraction of sp³-hybridized carbons (Fsp3) is 0.133. The Kier molecular flexibility index (Phi) is 3.06. The van der Waals surface area contributed by atoms with E-state index in [9.17, 15) is 10.1 Å². The molecule has 3 aromatic rings. The lowest BCUT2D eigenvalue weighted by Crippen LogP contribution is -1.96. The van der Waals surface area contributed by atoms with Crippen molar-refractivity contribution in [1.29, 1.82) is 0 Å². The van der Waals surface area contributed by atoms with Crippen LogP contribution in [0.25, 0.3) is 22.4 Å². The average Bonchev–Trinajstić information content (AvgIpc) is 2.90. The summed E-state index contributed by atoms with van der Waals surface area (Å²) in [5.74, 6) is 0.598. The topological polar surface area (TPSA) is 97.8 Å². The van der Waals surface area contributed by atoms with Gasteiger partial charge in [0.2, 0.25) is 0 Å². The number of hydrogen-bond acceptors (Lipinski definition) is 4. The standard InChI is InChI=1S/C15H14N4O2/c1-2-9-3-6-12-13(7-9)18-15(17-12)10-4-5-11(16)14(8-10)19(20)21/h3-8H,2,16H2,1H3,(H,17,18). The summed E-state index contributed by atoms with van der Waals surface area (Å²) in [7, 11) is 0. The monoisotopic (exact) mass is 282 g/mol. The Morgan fingerprint density at radius 1 is 1.29 bits per heavy atom. The smallest absolute Gasteiger partial charge is 0.292 e. The predicted molar refractivity (Wildman–Crippen MR) is 82.0 cm³/mol. The molecule has 0 fully saturated rings. The first-order valence-corrected chi connectivity index (χ1v) is 6.61. The number of imidazole rings is 1. The minimum absolute atomic E-state index is 0.109. The Balaban J connectivity index is 2.12. The van der Waals surface area contributed by atoms with Crippen molar-refractivity contribution in [2.45, 2.75) is 13.3 Å². The van der Waals surface area contributed by atoms with E-state index in [1.165, 1.54) is 17.7 Å². The number of rotatable bonds is 3. The first-order chi connectivity index (χ1) is 10.1. The third-order valence-electron chi connectivity index (χ3n) is 3.46. The molecule has 0 saturated carbocycles. The van der Waals surface area contributed by atoms with Crippen LogP contribution in [0.3, 0.4) is 0 Å². The number of H-pyrrole nitrogens is 1. The van der Waals surface area contributed by atoms with Gasteiger partial charge in [-0.2, -0.15) is 0 Å². The Morgan fingerprint density at radius 2 is 2.10 bits per heavy atom. The number of nitrogens with zero attached hydrogens (tertiary/aromatic N) is 2. The molecule has 0 aliphatic carbocycles. The number of anilines is 1. The fourth-order valence-corrected chi connectivity index (χ4v) is 2.26. The van der Waals surface area contributed by atoms with Gasteiger partial charge < -0.3 is 10.7 Å². The van der Waals surface area contributed by atoms with Crippen LogP contribution in [0.2, 0.25) is 0 Å².